The molecule has 1 aromatic heterocycles. The van der Waals surface area contributed by atoms with E-state index in [4.69, 9.17) is 9.47 Å². The molecule has 8 heteroatoms. The number of ether oxygens (including phenoxy) is 2. The van der Waals surface area contributed by atoms with Gasteiger partial charge in [-0.1, -0.05) is 0 Å². The maximum Gasteiger partial charge on any atom is 0.290 e. The summed E-state index contributed by atoms with van der Waals surface area (Å²) in [6, 6.07) is 5.40. The molecule has 0 aliphatic heterocycles. The maximum absolute atomic E-state index is 12.0. The maximum atomic E-state index is 12.0. The Kier molecular flexibility index (Phi) is 5.75. The Labute approximate surface area is 142 Å². The van der Waals surface area contributed by atoms with Crippen molar-refractivity contribution in [2.75, 3.05) is 13.7 Å². The number of carbonyl (C=O) groups is 1. The second kappa shape index (κ2) is 7.77. The molecule has 0 unspecified atom stereocenters. The molecule has 0 spiro atoms. The van der Waals surface area contributed by atoms with Gasteiger partial charge in [-0.2, -0.15) is 10.2 Å². The fourth-order valence-corrected chi connectivity index (χ4v) is 2.45. The van der Waals surface area contributed by atoms with Crippen LogP contribution in [0.5, 0.6) is 11.5 Å². The number of methoxy groups -OCH3 is 1. The summed E-state index contributed by atoms with van der Waals surface area (Å²) in [5, 5.41) is 7.93. The van der Waals surface area contributed by atoms with E-state index in [0.29, 0.717) is 28.3 Å². The second-order valence-corrected chi connectivity index (χ2v) is 5.36. The topological polar surface area (TPSA) is 77.7 Å². The number of hydrazone groups is 1. The summed E-state index contributed by atoms with van der Waals surface area (Å²) < 4.78 is 12.8. The smallest absolute Gasteiger partial charge is 0.290 e. The van der Waals surface area contributed by atoms with Crippen molar-refractivity contribution in [2.24, 2.45) is 12.1 Å². The van der Waals surface area contributed by atoms with Crippen LogP contribution in [0.2, 0.25) is 0 Å². The zero-order valence-electron chi connectivity index (χ0n) is 13.0. The van der Waals surface area contributed by atoms with Gasteiger partial charge in [0.05, 0.1) is 30.6 Å². The van der Waals surface area contributed by atoms with Crippen molar-refractivity contribution >= 4 is 28.1 Å². The normalized spacial score (nSPS) is 10.8. The molecule has 0 aliphatic carbocycles. The highest BCUT2D eigenvalue weighted by Crippen LogP contribution is 2.27. The van der Waals surface area contributed by atoms with E-state index in [-0.39, 0.29) is 5.91 Å². The molecule has 0 radical (unpaired) electrons. The van der Waals surface area contributed by atoms with E-state index in [1.807, 2.05) is 13.0 Å². The van der Waals surface area contributed by atoms with Crippen LogP contribution in [-0.2, 0) is 7.05 Å². The molecule has 2 aromatic rings. The summed E-state index contributed by atoms with van der Waals surface area (Å²) in [5.41, 5.74) is 3.63. The summed E-state index contributed by atoms with van der Waals surface area (Å²) in [6.07, 6.45) is 3.08. The third kappa shape index (κ3) is 4.10. The summed E-state index contributed by atoms with van der Waals surface area (Å²) in [6.45, 7) is 2.46. The van der Waals surface area contributed by atoms with Crippen molar-refractivity contribution in [3.63, 3.8) is 0 Å². The van der Waals surface area contributed by atoms with Crippen molar-refractivity contribution in [3.8, 4) is 11.5 Å². The molecule has 0 fully saturated rings. The summed E-state index contributed by atoms with van der Waals surface area (Å²) in [7, 11) is 3.25. The number of carbonyl (C=O) groups excluding carboxylic acids is 1. The first-order valence-corrected chi connectivity index (χ1v) is 7.67. The Balaban J connectivity index is 2.07. The van der Waals surface area contributed by atoms with Gasteiger partial charge in [-0.3, -0.25) is 9.48 Å². The predicted octanol–water partition coefficient (Wildman–Crippen LogP) is 2.35. The van der Waals surface area contributed by atoms with Gasteiger partial charge in [-0.25, -0.2) is 5.43 Å². The fourth-order valence-electron chi connectivity index (χ4n) is 1.92. The standard InChI is InChI=1S/C15H17BrN4O3/c1-4-23-12-6-5-10(7-13(12)22-3)8-17-19-15(21)14-11(16)9-18-20(14)2/h5-9H,4H2,1-3H3,(H,19,21). The van der Waals surface area contributed by atoms with Crippen LogP contribution in [-0.4, -0.2) is 35.6 Å². The Morgan fingerprint density at radius 2 is 2.26 bits per heavy atom. The zero-order valence-corrected chi connectivity index (χ0v) is 14.6. The molecule has 23 heavy (non-hydrogen) atoms. The molecule has 2 rings (SSSR count). The van der Waals surface area contributed by atoms with Crippen molar-refractivity contribution in [1.29, 1.82) is 0 Å². The molecule has 0 saturated carbocycles. The first kappa shape index (κ1) is 17.0. The van der Waals surface area contributed by atoms with E-state index in [1.54, 1.807) is 32.5 Å². The van der Waals surface area contributed by atoms with Gasteiger partial charge >= 0.3 is 0 Å². The second-order valence-electron chi connectivity index (χ2n) is 4.51. The molecule has 0 atom stereocenters. The van der Waals surface area contributed by atoms with Gasteiger partial charge in [0.2, 0.25) is 0 Å². The minimum atomic E-state index is -0.356. The van der Waals surface area contributed by atoms with E-state index in [2.05, 4.69) is 31.6 Å². The lowest BCUT2D eigenvalue weighted by molar-refractivity contribution is 0.0945. The summed E-state index contributed by atoms with van der Waals surface area (Å²) >= 11 is 3.27. The van der Waals surface area contributed by atoms with Crippen LogP contribution in [0.25, 0.3) is 0 Å². The fraction of sp³-hybridized carbons (Fsp3) is 0.267. The number of hydrogen-bond acceptors (Lipinski definition) is 5. The van der Waals surface area contributed by atoms with E-state index in [9.17, 15) is 4.79 Å². The van der Waals surface area contributed by atoms with E-state index in [1.165, 1.54) is 10.9 Å². The van der Waals surface area contributed by atoms with Gasteiger partial charge in [0.1, 0.15) is 5.69 Å². The van der Waals surface area contributed by atoms with Crippen LogP contribution in [0, 0.1) is 0 Å². The number of halogens is 1. The van der Waals surface area contributed by atoms with E-state index >= 15 is 0 Å². The number of nitrogens with zero attached hydrogens (tertiary/aromatic N) is 3. The molecular formula is C15H17BrN4O3. The monoisotopic (exact) mass is 380 g/mol. The SMILES string of the molecule is CCOc1ccc(C=NNC(=O)c2c(Br)cnn2C)cc1OC. The predicted molar refractivity (Wildman–Crippen MR) is 90.1 cm³/mol. The zero-order chi connectivity index (χ0) is 16.8. The van der Waals surface area contributed by atoms with Crippen LogP contribution in [0.4, 0.5) is 0 Å². The van der Waals surface area contributed by atoms with Crippen LogP contribution < -0.4 is 14.9 Å². The van der Waals surface area contributed by atoms with Crippen molar-refractivity contribution in [1.82, 2.24) is 15.2 Å². The number of nitrogens with one attached hydrogen (secondary N) is 1. The lowest BCUT2D eigenvalue weighted by Crippen LogP contribution is -2.21. The van der Waals surface area contributed by atoms with Crippen LogP contribution in [0.15, 0.2) is 34.0 Å². The number of benzene rings is 1. The van der Waals surface area contributed by atoms with Gasteiger partial charge in [0, 0.05) is 7.05 Å². The van der Waals surface area contributed by atoms with E-state index in [0.717, 1.165) is 5.56 Å². The molecular weight excluding hydrogens is 364 g/mol. The highest BCUT2D eigenvalue weighted by atomic mass is 79.9. The van der Waals surface area contributed by atoms with Gasteiger partial charge in [0.25, 0.3) is 5.91 Å². The Morgan fingerprint density at radius 3 is 2.87 bits per heavy atom. The van der Waals surface area contributed by atoms with Crippen LogP contribution in [0.1, 0.15) is 23.0 Å². The first-order chi connectivity index (χ1) is 11.1. The molecule has 0 saturated heterocycles. The Hall–Kier alpha value is -2.35. The van der Waals surface area contributed by atoms with Gasteiger partial charge in [0.15, 0.2) is 11.5 Å². The molecule has 1 N–H and O–H groups in total. The third-order valence-corrected chi connectivity index (χ3v) is 3.56. The summed E-state index contributed by atoms with van der Waals surface area (Å²) in [4.78, 5) is 12.0. The molecule has 1 heterocycles. The Morgan fingerprint density at radius 1 is 1.48 bits per heavy atom. The van der Waals surface area contributed by atoms with Gasteiger partial charge < -0.3 is 9.47 Å². The molecule has 1 amide bonds. The Bertz CT molecular complexity index is 708. The van der Waals surface area contributed by atoms with Crippen molar-refractivity contribution in [3.05, 3.63) is 40.1 Å². The first-order valence-electron chi connectivity index (χ1n) is 6.88. The number of hydrogen-bond donors (Lipinski definition) is 1. The third-order valence-electron chi connectivity index (χ3n) is 2.98. The van der Waals surface area contributed by atoms with Gasteiger partial charge in [-0.05, 0) is 46.6 Å². The number of amides is 1. The average molecular weight is 381 g/mol. The van der Waals surface area contributed by atoms with Crippen molar-refractivity contribution < 1.29 is 14.3 Å². The average Bonchev–Trinajstić information content (AvgIpc) is 2.87. The van der Waals surface area contributed by atoms with Crippen LogP contribution in [0.3, 0.4) is 0 Å². The van der Waals surface area contributed by atoms with Gasteiger partial charge in [-0.15, -0.1) is 0 Å². The minimum absolute atomic E-state index is 0.356. The molecule has 122 valence electrons. The highest BCUT2D eigenvalue weighted by Gasteiger charge is 2.14. The molecule has 0 bridgehead atoms. The molecule has 1 aromatic carbocycles. The van der Waals surface area contributed by atoms with Crippen molar-refractivity contribution in [2.45, 2.75) is 6.92 Å². The number of aromatic nitrogens is 2. The number of rotatable bonds is 6. The highest BCUT2D eigenvalue weighted by molar-refractivity contribution is 9.10. The lowest BCUT2D eigenvalue weighted by Gasteiger charge is -2.09. The molecule has 7 nitrogen and oxygen atoms in total. The van der Waals surface area contributed by atoms with E-state index < -0.39 is 0 Å². The van der Waals surface area contributed by atoms with Crippen LogP contribution >= 0.6 is 15.9 Å². The minimum Gasteiger partial charge on any atom is -0.493 e. The summed E-state index contributed by atoms with van der Waals surface area (Å²) in [5.74, 6) is 0.914. The number of aryl methyl sites for hydroxylation is 1. The largest absolute Gasteiger partial charge is 0.493 e. The molecule has 0 aliphatic rings. The quantitative estimate of drug-likeness (QED) is 0.616. The lowest BCUT2D eigenvalue weighted by atomic mass is 10.2.